The van der Waals surface area contributed by atoms with Crippen LogP contribution in [0.5, 0.6) is 0 Å². The van der Waals surface area contributed by atoms with E-state index in [4.69, 9.17) is 51.2 Å². The highest BCUT2D eigenvalue weighted by Crippen LogP contribution is 2.38. The Morgan fingerprint density at radius 2 is 1.84 bits per heavy atom. The molecule has 8 heteroatoms. The first-order chi connectivity index (χ1) is 12.0. The predicted octanol–water partition coefficient (Wildman–Crippen LogP) is 5.60. The van der Waals surface area contributed by atoms with Gasteiger partial charge in [-0.05, 0) is 24.3 Å². The third-order valence-corrected chi connectivity index (χ3v) is 4.71. The molecule has 1 amide bonds. The second-order valence-electron chi connectivity index (χ2n) is 5.34. The number of carbonyl (C=O) groups is 1. The Balaban J connectivity index is 1.77. The summed E-state index contributed by atoms with van der Waals surface area (Å²) in [5.41, 5.74) is 2.81. The molecule has 4 nitrogen and oxygen atoms in total. The SMILES string of the molecule is O=C(Nc1cccc(C2=NOC(c3c(Cl)cccc3Cl)C2)c1)C(Cl)Cl. The van der Waals surface area contributed by atoms with E-state index < -0.39 is 10.7 Å². The molecule has 1 aliphatic rings. The molecule has 0 fully saturated rings. The molecule has 130 valence electrons. The van der Waals surface area contributed by atoms with Crippen LogP contribution in [-0.2, 0) is 9.63 Å². The molecule has 1 N–H and O–H groups in total. The predicted molar refractivity (Wildman–Crippen MR) is 102 cm³/mol. The van der Waals surface area contributed by atoms with Gasteiger partial charge in [-0.15, -0.1) is 0 Å². The van der Waals surface area contributed by atoms with E-state index in [1.165, 1.54) is 0 Å². The van der Waals surface area contributed by atoms with Crippen LogP contribution in [0.4, 0.5) is 5.69 Å². The summed E-state index contributed by atoms with van der Waals surface area (Å²) < 4.78 is 0. The molecule has 25 heavy (non-hydrogen) atoms. The van der Waals surface area contributed by atoms with E-state index in [9.17, 15) is 4.79 Å². The zero-order chi connectivity index (χ0) is 18.0. The number of halogens is 4. The molecular weight excluding hydrogens is 406 g/mol. The molecule has 1 unspecified atom stereocenters. The van der Waals surface area contributed by atoms with Gasteiger partial charge in [-0.1, -0.05) is 69.8 Å². The summed E-state index contributed by atoms with van der Waals surface area (Å²) in [7, 11) is 0. The van der Waals surface area contributed by atoms with Crippen LogP contribution in [-0.4, -0.2) is 16.5 Å². The number of rotatable bonds is 4. The molecule has 2 aromatic carbocycles. The summed E-state index contributed by atoms with van der Waals surface area (Å²) in [4.78, 5) is 16.0. The summed E-state index contributed by atoms with van der Waals surface area (Å²) in [5.74, 6) is -0.495. The van der Waals surface area contributed by atoms with Crippen molar-refractivity contribution in [2.75, 3.05) is 5.32 Å². The number of amides is 1. The van der Waals surface area contributed by atoms with E-state index in [0.717, 1.165) is 11.3 Å². The Bertz CT molecular complexity index is 819. The van der Waals surface area contributed by atoms with Crippen molar-refractivity contribution >= 4 is 63.7 Å². The highest BCUT2D eigenvalue weighted by atomic mass is 35.5. The zero-order valence-electron chi connectivity index (χ0n) is 12.7. The number of hydrogen-bond donors (Lipinski definition) is 1. The molecule has 1 heterocycles. The van der Waals surface area contributed by atoms with Crippen LogP contribution in [0.2, 0.25) is 10.0 Å². The minimum Gasteiger partial charge on any atom is -0.387 e. The summed E-state index contributed by atoms with van der Waals surface area (Å²) >= 11 is 23.5. The van der Waals surface area contributed by atoms with Crippen molar-refractivity contribution < 1.29 is 9.63 Å². The average Bonchev–Trinajstić information content (AvgIpc) is 3.04. The second-order valence-corrected chi connectivity index (χ2v) is 7.25. The fourth-order valence-electron chi connectivity index (χ4n) is 2.49. The quantitative estimate of drug-likeness (QED) is 0.658. The normalized spacial score (nSPS) is 16.5. The van der Waals surface area contributed by atoms with Crippen LogP contribution in [0.25, 0.3) is 0 Å². The van der Waals surface area contributed by atoms with Crippen molar-refractivity contribution in [1.29, 1.82) is 0 Å². The van der Waals surface area contributed by atoms with Crippen molar-refractivity contribution in [2.24, 2.45) is 5.16 Å². The molecule has 0 aromatic heterocycles. The number of carbonyl (C=O) groups excluding carboxylic acids is 1. The zero-order valence-corrected chi connectivity index (χ0v) is 15.7. The fourth-order valence-corrected chi connectivity index (χ4v) is 3.24. The summed E-state index contributed by atoms with van der Waals surface area (Å²) in [6.45, 7) is 0. The third kappa shape index (κ3) is 4.21. The number of alkyl halides is 2. The lowest BCUT2D eigenvalue weighted by molar-refractivity contribution is -0.114. The van der Waals surface area contributed by atoms with Crippen LogP contribution in [0.1, 0.15) is 23.7 Å². The van der Waals surface area contributed by atoms with Crippen LogP contribution in [0.15, 0.2) is 47.6 Å². The molecule has 0 saturated heterocycles. The first-order valence-corrected chi connectivity index (χ1v) is 8.94. The molecule has 0 bridgehead atoms. The van der Waals surface area contributed by atoms with Gasteiger partial charge in [0.2, 0.25) is 0 Å². The number of oxime groups is 1. The van der Waals surface area contributed by atoms with Crippen LogP contribution >= 0.6 is 46.4 Å². The Morgan fingerprint density at radius 3 is 2.52 bits per heavy atom. The van der Waals surface area contributed by atoms with Crippen LogP contribution in [0.3, 0.4) is 0 Å². The molecule has 0 radical (unpaired) electrons. The lowest BCUT2D eigenvalue weighted by Crippen LogP contribution is -2.18. The number of nitrogens with one attached hydrogen (secondary N) is 1. The standard InChI is InChI=1S/C17H12Cl4N2O2/c18-11-5-2-6-12(19)15(11)14-8-13(23-25-14)9-3-1-4-10(7-9)22-17(24)16(20)21/h1-7,14,16H,8H2,(H,22,24). The van der Waals surface area contributed by atoms with Crippen molar-refractivity contribution in [2.45, 2.75) is 17.4 Å². The second kappa shape index (κ2) is 7.83. The van der Waals surface area contributed by atoms with E-state index in [0.29, 0.717) is 27.7 Å². The van der Waals surface area contributed by atoms with E-state index >= 15 is 0 Å². The topological polar surface area (TPSA) is 50.7 Å². The van der Waals surface area contributed by atoms with Gasteiger partial charge >= 0.3 is 0 Å². The number of benzene rings is 2. The lowest BCUT2D eigenvalue weighted by atomic mass is 10.00. The van der Waals surface area contributed by atoms with Crippen molar-refractivity contribution in [3.05, 3.63) is 63.6 Å². The van der Waals surface area contributed by atoms with E-state index in [-0.39, 0.29) is 6.10 Å². The van der Waals surface area contributed by atoms with E-state index in [1.54, 1.807) is 36.4 Å². The minimum absolute atomic E-state index is 0.357. The Kier molecular flexibility index (Phi) is 5.74. The molecule has 2 aromatic rings. The maximum Gasteiger partial charge on any atom is 0.257 e. The van der Waals surface area contributed by atoms with Gasteiger partial charge in [0.05, 0.1) is 5.71 Å². The van der Waals surface area contributed by atoms with Gasteiger partial charge in [0.15, 0.2) is 10.9 Å². The summed E-state index contributed by atoms with van der Waals surface area (Å²) in [6, 6.07) is 12.5. The molecule has 0 aliphatic carbocycles. The molecule has 1 atom stereocenters. The highest BCUT2D eigenvalue weighted by molar-refractivity contribution is 6.54. The molecule has 0 saturated carbocycles. The third-order valence-electron chi connectivity index (χ3n) is 3.65. The first kappa shape index (κ1) is 18.3. The monoisotopic (exact) mass is 416 g/mol. The van der Waals surface area contributed by atoms with Gasteiger partial charge < -0.3 is 10.2 Å². The smallest absolute Gasteiger partial charge is 0.257 e. The number of hydrogen-bond acceptors (Lipinski definition) is 3. The summed E-state index contributed by atoms with van der Waals surface area (Å²) in [6.07, 6.45) is 0.151. The van der Waals surface area contributed by atoms with Gasteiger partial charge in [-0.3, -0.25) is 4.79 Å². The molecule has 3 rings (SSSR count). The highest BCUT2D eigenvalue weighted by Gasteiger charge is 2.27. The van der Waals surface area contributed by atoms with Crippen molar-refractivity contribution in [1.82, 2.24) is 0 Å². The minimum atomic E-state index is -1.14. The van der Waals surface area contributed by atoms with E-state index in [2.05, 4.69) is 10.5 Å². The number of nitrogens with zero attached hydrogens (tertiary/aromatic N) is 1. The van der Waals surface area contributed by atoms with Gasteiger partial charge in [-0.2, -0.15) is 0 Å². The largest absolute Gasteiger partial charge is 0.387 e. The Labute approximate surface area is 164 Å². The number of anilines is 1. The Hall–Kier alpha value is -1.46. The lowest BCUT2D eigenvalue weighted by Gasteiger charge is -2.12. The van der Waals surface area contributed by atoms with Gasteiger partial charge in [0.25, 0.3) is 5.91 Å². The van der Waals surface area contributed by atoms with Crippen molar-refractivity contribution in [3.8, 4) is 0 Å². The molecule has 1 aliphatic heterocycles. The van der Waals surface area contributed by atoms with Gasteiger partial charge in [-0.25, -0.2) is 0 Å². The summed E-state index contributed by atoms with van der Waals surface area (Å²) in [5, 5.41) is 7.83. The average molecular weight is 418 g/mol. The van der Waals surface area contributed by atoms with Crippen LogP contribution in [0, 0.1) is 0 Å². The fraction of sp³-hybridized carbons (Fsp3) is 0.176. The maximum absolute atomic E-state index is 11.6. The van der Waals surface area contributed by atoms with Gasteiger partial charge in [0.1, 0.15) is 0 Å². The maximum atomic E-state index is 11.6. The Morgan fingerprint density at radius 1 is 1.16 bits per heavy atom. The van der Waals surface area contributed by atoms with Crippen molar-refractivity contribution in [3.63, 3.8) is 0 Å². The molecule has 0 spiro atoms. The van der Waals surface area contributed by atoms with Gasteiger partial charge in [0, 0.05) is 33.3 Å². The van der Waals surface area contributed by atoms with Crippen LogP contribution < -0.4 is 5.32 Å². The van der Waals surface area contributed by atoms with E-state index in [1.807, 2.05) is 6.07 Å². The first-order valence-electron chi connectivity index (χ1n) is 7.31. The molecular formula is C17H12Cl4N2O2.